The Morgan fingerprint density at radius 1 is 1.35 bits per heavy atom. The third kappa shape index (κ3) is 4.20. The van der Waals surface area contributed by atoms with E-state index in [1.807, 2.05) is 6.20 Å². The lowest BCUT2D eigenvalue weighted by atomic mass is 9.76. The molecule has 0 aromatic carbocycles. The lowest BCUT2D eigenvalue weighted by Crippen LogP contribution is -2.37. The van der Waals surface area contributed by atoms with Crippen LogP contribution in [0.4, 0.5) is 0 Å². The smallest absolute Gasteiger partial charge is 0.0621 e. The number of hydrogen-bond donors (Lipinski definition) is 1. The molecule has 1 aromatic rings. The second-order valence-corrected chi connectivity index (χ2v) is 6.54. The number of pyridine rings is 1. The Morgan fingerprint density at radius 3 is 2.70 bits per heavy atom. The molecule has 1 N–H and O–H groups in total. The summed E-state index contributed by atoms with van der Waals surface area (Å²) in [6, 6.07) is 2.59. The fourth-order valence-electron chi connectivity index (χ4n) is 3.60. The molecule has 2 rings (SSSR count). The second-order valence-electron chi connectivity index (χ2n) is 6.14. The molecule has 1 fully saturated rings. The third-order valence-corrected chi connectivity index (χ3v) is 5.16. The number of hydrogen-bond acceptors (Lipinski definition) is 2. The molecular formula is C17H27ClN2. The van der Waals surface area contributed by atoms with E-state index >= 15 is 0 Å². The molecule has 0 amide bonds. The number of halogens is 1. The van der Waals surface area contributed by atoms with Crippen LogP contribution in [-0.4, -0.2) is 18.1 Å². The van der Waals surface area contributed by atoms with Gasteiger partial charge in [0.05, 0.1) is 5.02 Å². The van der Waals surface area contributed by atoms with Gasteiger partial charge >= 0.3 is 0 Å². The predicted molar refractivity (Wildman–Crippen MR) is 86.2 cm³/mol. The summed E-state index contributed by atoms with van der Waals surface area (Å²) in [7, 11) is 2.08. The highest BCUT2D eigenvalue weighted by Gasteiger charge is 2.26. The van der Waals surface area contributed by atoms with Gasteiger partial charge in [-0.05, 0) is 49.8 Å². The van der Waals surface area contributed by atoms with Gasteiger partial charge in [0.2, 0.25) is 0 Å². The van der Waals surface area contributed by atoms with Crippen molar-refractivity contribution in [1.29, 1.82) is 0 Å². The maximum Gasteiger partial charge on any atom is 0.0621 e. The van der Waals surface area contributed by atoms with E-state index in [1.165, 1.54) is 44.1 Å². The molecule has 0 spiro atoms. The van der Waals surface area contributed by atoms with E-state index in [2.05, 4.69) is 30.3 Å². The molecule has 0 bridgehead atoms. The van der Waals surface area contributed by atoms with Gasteiger partial charge in [-0.1, -0.05) is 44.2 Å². The SMILES string of the molecule is CCCC1CCC(C(Cc2ccncc2Cl)NC)CC1. The molecule has 3 heteroatoms. The van der Waals surface area contributed by atoms with Crippen LogP contribution in [0.2, 0.25) is 5.02 Å². The quantitative estimate of drug-likeness (QED) is 0.837. The maximum absolute atomic E-state index is 6.24. The van der Waals surface area contributed by atoms with E-state index in [4.69, 9.17) is 11.6 Å². The summed E-state index contributed by atoms with van der Waals surface area (Å²) in [6.07, 6.45) is 12.9. The van der Waals surface area contributed by atoms with Gasteiger partial charge in [-0.2, -0.15) is 0 Å². The number of aromatic nitrogens is 1. The highest BCUT2D eigenvalue weighted by Crippen LogP contribution is 2.34. The van der Waals surface area contributed by atoms with Crippen molar-refractivity contribution < 1.29 is 0 Å². The predicted octanol–water partition coefficient (Wildman–Crippen LogP) is 4.47. The van der Waals surface area contributed by atoms with Gasteiger partial charge in [-0.3, -0.25) is 4.98 Å². The van der Waals surface area contributed by atoms with E-state index in [1.54, 1.807) is 6.20 Å². The fourth-order valence-corrected chi connectivity index (χ4v) is 3.79. The number of nitrogens with zero attached hydrogens (tertiary/aromatic N) is 1. The summed E-state index contributed by atoms with van der Waals surface area (Å²) in [4.78, 5) is 4.07. The molecule has 1 unspecified atom stereocenters. The lowest BCUT2D eigenvalue weighted by molar-refractivity contribution is 0.217. The molecule has 112 valence electrons. The second kappa shape index (κ2) is 7.99. The Labute approximate surface area is 128 Å². The number of nitrogens with one attached hydrogen (secondary N) is 1. The van der Waals surface area contributed by atoms with Crippen LogP contribution >= 0.6 is 11.6 Å². The molecule has 1 saturated carbocycles. The average molecular weight is 295 g/mol. The van der Waals surface area contributed by atoms with Crippen molar-refractivity contribution >= 4 is 11.6 Å². The minimum absolute atomic E-state index is 0.539. The molecule has 2 nitrogen and oxygen atoms in total. The summed E-state index contributed by atoms with van der Waals surface area (Å²) < 4.78 is 0. The molecule has 0 aliphatic heterocycles. The van der Waals surface area contributed by atoms with Gasteiger partial charge in [0.15, 0.2) is 0 Å². The first-order valence-corrected chi connectivity index (χ1v) is 8.38. The van der Waals surface area contributed by atoms with Crippen LogP contribution in [0.5, 0.6) is 0 Å². The van der Waals surface area contributed by atoms with E-state index in [0.29, 0.717) is 6.04 Å². The highest BCUT2D eigenvalue weighted by atomic mass is 35.5. The molecule has 20 heavy (non-hydrogen) atoms. The van der Waals surface area contributed by atoms with Crippen LogP contribution in [0.25, 0.3) is 0 Å². The molecule has 1 aliphatic carbocycles. The van der Waals surface area contributed by atoms with Crippen LogP contribution in [0, 0.1) is 11.8 Å². The maximum atomic E-state index is 6.24. The minimum atomic E-state index is 0.539. The van der Waals surface area contributed by atoms with Crippen molar-refractivity contribution in [1.82, 2.24) is 10.3 Å². The van der Waals surface area contributed by atoms with E-state index in [-0.39, 0.29) is 0 Å². The summed E-state index contributed by atoms with van der Waals surface area (Å²) >= 11 is 6.24. The first kappa shape index (κ1) is 15.8. The normalized spacial score (nSPS) is 24.6. The zero-order valence-electron chi connectivity index (χ0n) is 12.7. The van der Waals surface area contributed by atoms with E-state index in [0.717, 1.165) is 23.3 Å². The van der Waals surface area contributed by atoms with Crippen molar-refractivity contribution in [3.8, 4) is 0 Å². The highest BCUT2D eigenvalue weighted by molar-refractivity contribution is 6.31. The molecular weight excluding hydrogens is 268 g/mol. The number of rotatable bonds is 6. The zero-order chi connectivity index (χ0) is 14.4. The van der Waals surface area contributed by atoms with Gasteiger partial charge in [-0.15, -0.1) is 0 Å². The molecule has 1 heterocycles. The van der Waals surface area contributed by atoms with Crippen molar-refractivity contribution in [2.75, 3.05) is 7.05 Å². The average Bonchev–Trinajstić information content (AvgIpc) is 2.48. The van der Waals surface area contributed by atoms with Crippen molar-refractivity contribution in [2.45, 2.75) is 57.9 Å². The molecule has 1 aliphatic rings. The van der Waals surface area contributed by atoms with Crippen LogP contribution in [0.3, 0.4) is 0 Å². The van der Waals surface area contributed by atoms with Crippen LogP contribution in [0.1, 0.15) is 51.0 Å². The summed E-state index contributed by atoms with van der Waals surface area (Å²) in [5.41, 5.74) is 1.22. The largest absolute Gasteiger partial charge is 0.316 e. The Hall–Kier alpha value is -0.600. The van der Waals surface area contributed by atoms with Gasteiger partial charge in [0.25, 0.3) is 0 Å². The molecule has 0 radical (unpaired) electrons. The van der Waals surface area contributed by atoms with Crippen LogP contribution in [0.15, 0.2) is 18.5 Å². The third-order valence-electron chi connectivity index (χ3n) is 4.82. The fraction of sp³-hybridized carbons (Fsp3) is 0.706. The van der Waals surface area contributed by atoms with Crippen LogP contribution in [-0.2, 0) is 6.42 Å². The van der Waals surface area contributed by atoms with E-state index in [9.17, 15) is 0 Å². The zero-order valence-corrected chi connectivity index (χ0v) is 13.5. The Bertz CT molecular complexity index is 400. The first-order chi connectivity index (χ1) is 9.74. The molecule has 1 aromatic heterocycles. The summed E-state index contributed by atoms with van der Waals surface area (Å²) in [5.74, 6) is 1.76. The van der Waals surface area contributed by atoms with Gasteiger partial charge in [0.1, 0.15) is 0 Å². The molecule has 1 atom stereocenters. The van der Waals surface area contributed by atoms with Crippen molar-refractivity contribution in [3.05, 3.63) is 29.0 Å². The Kier molecular flexibility index (Phi) is 6.31. The standard InChI is InChI=1S/C17H27ClN2/c1-3-4-13-5-7-14(8-6-13)17(19-2)11-15-9-10-20-12-16(15)18/h9-10,12-14,17,19H,3-8,11H2,1-2H3. The Balaban J connectivity index is 1.91. The van der Waals surface area contributed by atoms with E-state index < -0.39 is 0 Å². The first-order valence-electron chi connectivity index (χ1n) is 8.00. The van der Waals surface area contributed by atoms with Crippen molar-refractivity contribution in [2.24, 2.45) is 11.8 Å². The van der Waals surface area contributed by atoms with Gasteiger partial charge < -0.3 is 5.32 Å². The lowest BCUT2D eigenvalue weighted by Gasteiger charge is -2.34. The molecule has 0 saturated heterocycles. The van der Waals surface area contributed by atoms with Crippen molar-refractivity contribution in [3.63, 3.8) is 0 Å². The Morgan fingerprint density at radius 2 is 2.10 bits per heavy atom. The van der Waals surface area contributed by atoms with Gasteiger partial charge in [0, 0.05) is 18.4 Å². The topological polar surface area (TPSA) is 24.9 Å². The summed E-state index contributed by atoms with van der Waals surface area (Å²) in [6.45, 7) is 2.30. The van der Waals surface area contributed by atoms with Gasteiger partial charge in [-0.25, -0.2) is 0 Å². The monoisotopic (exact) mass is 294 g/mol. The number of likely N-dealkylation sites (N-methyl/N-ethyl adjacent to an activating group) is 1. The minimum Gasteiger partial charge on any atom is -0.316 e. The summed E-state index contributed by atoms with van der Waals surface area (Å²) in [5, 5.41) is 4.31. The van der Waals surface area contributed by atoms with Crippen LogP contribution < -0.4 is 5.32 Å².